The Labute approximate surface area is 57.6 Å². The number of hydrogen-bond acceptors (Lipinski definition) is 2. The highest BCUT2D eigenvalue weighted by Crippen LogP contribution is 2.04. The van der Waals surface area contributed by atoms with E-state index in [2.05, 4.69) is 4.98 Å². The zero-order valence-electron chi connectivity index (χ0n) is 5.32. The van der Waals surface area contributed by atoms with E-state index in [1.165, 1.54) is 6.20 Å². The van der Waals surface area contributed by atoms with Gasteiger partial charge in [-0.05, 0) is 6.08 Å². The molecule has 0 atom stereocenters. The highest BCUT2D eigenvalue weighted by molar-refractivity contribution is 5.46. The van der Waals surface area contributed by atoms with Crippen molar-refractivity contribution in [3.8, 4) is 0 Å². The zero-order chi connectivity index (χ0) is 6.97. The van der Waals surface area contributed by atoms with Crippen molar-refractivity contribution in [1.29, 1.82) is 0 Å². The number of aromatic nitrogens is 2. The van der Waals surface area contributed by atoms with E-state index in [1.807, 2.05) is 12.2 Å². The van der Waals surface area contributed by atoms with Gasteiger partial charge in [0.25, 0.3) is 5.56 Å². The maximum atomic E-state index is 11.0. The second-order valence-electron chi connectivity index (χ2n) is 2.18. The van der Waals surface area contributed by atoms with Crippen LogP contribution >= 0.6 is 0 Å². The molecule has 0 aliphatic carbocycles. The van der Waals surface area contributed by atoms with Gasteiger partial charge in [-0.3, -0.25) is 9.78 Å². The average molecular weight is 134 g/mol. The van der Waals surface area contributed by atoms with Crippen molar-refractivity contribution < 1.29 is 0 Å². The Morgan fingerprint density at radius 3 is 3.20 bits per heavy atom. The van der Waals surface area contributed by atoms with Crippen LogP contribution in [0.25, 0.3) is 6.08 Å². The molecule has 1 aromatic heterocycles. The van der Waals surface area contributed by atoms with Gasteiger partial charge in [0.2, 0.25) is 0 Å². The molecule has 10 heavy (non-hydrogen) atoms. The second-order valence-corrected chi connectivity index (χ2v) is 2.18. The van der Waals surface area contributed by atoms with E-state index < -0.39 is 0 Å². The molecule has 0 N–H and O–H groups in total. The molecule has 3 heteroatoms. The minimum absolute atomic E-state index is 0.0255. The summed E-state index contributed by atoms with van der Waals surface area (Å²) in [6.45, 7) is 0.691. The summed E-state index contributed by atoms with van der Waals surface area (Å²) < 4.78 is 1.67. The van der Waals surface area contributed by atoms with Crippen LogP contribution in [0.4, 0.5) is 0 Å². The molecule has 1 aromatic rings. The molecule has 2 heterocycles. The first-order valence-corrected chi connectivity index (χ1v) is 3.09. The predicted octanol–water partition coefficient (Wildman–Crippen LogP) is 0.270. The van der Waals surface area contributed by atoms with Gasteiger partial charge in [0.05, 0.1) is 18.1 Å². The average Bonchev–Trinajstić information content (AvgIpc) is 2.36. The standard InChI is InChI=1S/C7H6N2O/c10-7-5-8-4-6-2-1-3-9(6)7/h1-2,4-5H,3H2. The molecule has 0 unspecified atom stereocenters. The third kappa shape index (κ3) is 0.603. The molecule has 0 spiro atoms. The fourth-order valence-corrected chi connectivity index (χ4v) is 1.05. The monoisotopic (exact) mass is 134 g/mol. The number of rotatable bonds is 0. The lowest BCUT2D eigenvalue weighted by Gasteiger charge is -1.97. The fourth-order valence-electron chi connectivity index (χ4n) is 1.05. The summed E-state index contributed by atoms with van der Waals surface area (Å²) in [5.74, 6) is 0. The summed E-state index contributed by atoms with van der Waals surface area (Å²) in [4.78, 5) is 14.7. The van der Waals surface area contributed by atoms with E-state index in [4.69, 9.17) is 0 Å². The Hall–Kier alpha value is -1.38. The summed E-state index contributed by atoms with van der Waals surface area (Å²) in [6, 6.07) is 0. The molecule has 50 valence electrons. The quantitative estimate of drug-likeness (QED) is 0.510. The van der Waals surface area contributed by atoms with Crippen molar-refractivity contribution in [2.45, 2.75) is 6.54 Å². The van der Waals surface area contributed by atoms with Crippen molar-refractivity contribution in [3.63, 3.8) is 0 Å². The minimum atomic E-state index is -0.0255. The molecule has 0 fully saturated rings. The molecule has 1 aliphatic heterocycles. The first-order chi connectivity index (χ1) is 4.88. The fraction of sp³-hybridized carbons (Fsp3) is 0.143. The SMILES string of the molecule is O=c1cncc2n1CC=C2. The molecular weight excluding hydrogens is 128 g/mol. The molecule has 0 amide bonds. The zero-order valence-corrected chi connectivity index (χ0v) is 5.32. The van der Waals surface area contributed by atoms with Crippen LogP contribution in [0.3, 0.4) is 0 Å². The van der Waals surface area contributed by atoms with Crippen molar-refractivity contribution in [3.05, 3.63) is 34.5 Å². The number of hydrogen-bond donors (Lipinski definition) is 0. The highest BCUT2D eigenvalue weighted by atomic mass is 16.1. The topological polar surface area (TPSA) is 34.9 Å². The maximum absolute atomic E-state index is 11.0. The molecule has 1 aliphatic rings. The van der Waals surface area contributed by atoms with Crippen molar-refractivity contribution in [1.82, 2.24) is 9.55 Å². The van der Waals surface area contributed by atoms with E-state index in [0.717, 1.165) is 5.69 Å². The lowest BCUT2D eigenvalue weighted by atomic mass is 10.4. The van der Waals surface area contributed by atoms with Crippen LogP contribution < -0.4 is 5.56 Å². The van der Waals surface area contributed by atoms with Gasteiger partial charge in [-0.1, -0.05) is 6.08 Å². The summed E-state index contributed by atoms with van der Waals surface area (Å²) in [7, 11) is 0. The Balaban J connectivity index is 2.77. The van der Waals surface area contributed by atoms with Crippen LogP contribution in [0.2, 0.25) is 0 Å². The van der Waals surface area contributed by atoms with E-state index >= 15 is 0 Å². The first kappa shape index (κ1) is 5.41. The molecule has 0 saturated heterocycles. The Morgan fingerprint density at radius 1 is 1.50 bits per heavy atom. The molecule has 0 saturated carbocycles. The van der Waals surface area contributed by atoms with Crippen LogP contribution in [0, 0.1) is 0 Å². The lowest BCUT2D eigenvalue weighted by molar-refractivity contribution is 0.780. The minimum Gasteiger partial charge on any atom is -0.302 e. The van der Waals surface area contributed by atoms with E-state index in [0.29, 0.717) is 6.54 Å². The van der Waals surface area contributed by atoms with E-state index in [1.54, 1.807) is 10.8 Å². The third-order valence-electron chi connectivity index (χ3n) is 1.55. The van der Waals surface area contributed by atoms with Gasteiger partial charge >= 0.3 is 0 Å². The van der Waals surface area contributed by atoms with Gasteiger partial charge in [-0.2, -0.15) is 0 Å². The van der Waals surface area contributed by atoms with Gasteiger partial charge < -0.3 is 4.57 Å². The van der Waals surface area contributed by atoms with Crippen molar-refractivity contribution in [2.75, 3.05) is 0 Å². The van der Waals surface area contributed by atoms with Crippen LogP contribution in [0.5, 0.6) is 0 Å². The number of nitrogens with zero attached hydrogens (tertiary/aromatic N) is 2. The molecule has 0 bridgehead atoms. The van der Waals surface area contributed by atoms with Gasteiger partial charge in [-0.15, -0.1) is 0 Å². The summed E-state index contributed by atoms with van der Waals surface area (Å²) >= 11 is 0. The normalized spacial score (nSPS) is 13.6. The van der Waals surface area contributed by atoms with Gasteiger partial charge in [0.1, 0.15) is 0 Å². The highest BCUT2D eigenvalue weighted by Gasteiger charge is 2.03. The van der Waals surface area contributed by atoms with Crippen molar-refractivity contribution in [2.24, 2.45) is 0 Å². The summed E-state index contributed by atoms with van der Waals surface area (Å²) in [5.41, 5.74) is 0.870. The van der Waals surface area contributed by atoms with Gasteiger partial charge in [0, 0.05) is 6.54 Å². The third-order valence-corrected chi connectivity index (χ3v) is 1.55. The number of allylic oxidation sites excluding steroid dienone is 1. The smallest absolute Gasteiger partial charge is 0.269 e. The molecule has 0 radical (unpaired) electrons. The molecule has 2 rings (SSSR count). The van der Waals surface area contributed by atoms with E-state index in [9.17, 15) is 4.79 Å². The van der Waals surface area contributed by atoms with Crippen molar-refractivity contribution >= 4 is 6.08 Å². The van der Waals surface area contributed by atoms with Crippen LogP contribution in [0.1, 0.15) is 5.69 Å². The van der Waals surface area contributed by atoms with Crippen LogP contribution in [0.15, 0.2) is 23.3 Å². The summed E-state index contributed by atoms with van der Waals surface area (Å²) in [6.07, 6.45) is 6.86. The van der Waals surface area contributed by atoms with Crippen LogP contribution in [-0.4, -0.2) is 9.55 Å². The molecule has 3 nitrogen and oxygen atoms in total. The Morgan fingerprint density at radius 2 is 2.40 bits per heavy atom. The summed E-state index contributed by atoms with van der Waals surface area (Å²) in [5, 5.41) is 0. The van der Waals surface area contributed by atoms with Gasteiger partial charge in [-0.25, -0.2) is 0 Å². The largest absolute Gasteiger partial charge is 0.302 e. The molecule has 0 aromatic carbocycles. The Kier molecular flexibility index (Phi) is 0.974. The second kappa shape index (κ2) is 1.80. The van der Waals surface area contributed by atoms with Gasteiger partial charge in [0.15, 0.2) is 0 Å². The maximum Gasteiger partial charge on any atom is 0.269 e. The van der Waals surface area contributed by atoms with Crippen LogP contribution in [-0.2, 0) is 6.54 Å². The first-order valence-electron chi connectivity index (χ1n) is 3.09. The Bertz CT molecular complexity index is 338. The molecular formula is C7H6N2O. The van der Waals surface area contributed by atoms with E-state index in [-0.39, 0.29) is 5.56 Å². The lowest BCUT2D eigenvalue weighted by Crippen LogP contribution is -2.18. The predicted molar refractivity (Wildman–Crippen MR) is 37.5 cm³/mol. The number of fused-ring (bicyclic) bond motifs is 1.